The lowest BCUT2D eigenvalue weighted by molar-refractivity contribution is -0.137. The van der Waals surface area contributed by atoms with Crippen molar-refractivity contribution in [1.82, 2.24) is 14.8 Å². The highest BCUT2D eigenvalue weighted by molar-refractivity contribution is 7.99. The van der Waals surface area contributed by atoms with Crippen LogP contribution in [-0.2, 0) is 11.0 Å². The molecule has 27 heavy (non-hydrogen) atoms. The number of benzene rings is 2. The number of para-hydroxylation sites is 1. The molecule has 1 N–H and O–H groups in total. The van der Waals surface area contributed by atoms with E-state index in [1.807, 2.05) is 30.3 Å². The van der Waals surface area contributed by atoms with E-state index in [9.17, 15) is 22.4 Å². The number of carbonyl (C=O) groups is 1. The third kappa shape index (κ3) is 4.85. The van der Waals surface area contributed by atoms with Gasteiger partial charge in [0, 0.05) is 0 Å². The van der Waals surface area contributed by atoms with Gasteiger partial charge in [-0.3, -0.25) is 4.79 Å². The van der Waals surface area contributed by atoms with Crippen LogP contribution < -0.4 is 5.32 Å². The summed E-state index contributed by atoms with van der Waals surface area (Å²) in [6.45, 7) is 0. The average Bonchev–Trinajstić information content (AvgIpc) is 3.10. The Kier molecular flexibility index (Phi) is 5.45. The Bertz CT molecular complexity index is 944. The summed E-state index contributed by atoms with van der Waals surface area (Å²) in [5.74, 6) is -1.92. The van der Waals surface area contributed by atoms with Crippen LogP contribution in [-0.4, -0.2) is 26.4 Å². The van der Waals surface area contributed by atoms with Crippen molar-refractivity contribution in [2.24, 2.45) is 0 Å². The van der Waals surface area contributed by atoms with E-state index < -0.39 is 29.2 Å². The molecule has 1 heterocycles. The van der Waals surface area contributed by atoms with Crippen molar-refractivity contribution in [2.75, 3.05) is 11.1 Å². The minimum Gasteiger partial charge on any atom is -0.325 e. The zero-order valence-electron chi connectivity index (χ0n) is 13.6. The van der Waals surface area contributed by atoms with E-state index in [1.54, 1.807) is 0 Å². The first-order valence-corrected chi connectivity index (χ1v) is 8.58. The summed E-state index contributed by atoms with van der Waals surface area (Å²) < 4.78 is 53.4. The van der Waals surface area contributed by atoms with Gasteiger partial charge in [0.2, 0.25) is 11.1 Å². The Balaban J connectivity index is 1.64. The number of hydrogen-bond acceptors (Lipinski definition) is 4. The number of nitrogens with zero attached hydrogens (tertiary/aromatic N) is 3. The first-order valence-electron chi connectivity index (χ1n) is 7.59. The lowest BCUT2D eigenvalue weighted by atomic mass is 10.1. The fourth-order valence-electron chi connectivity index (χ4n) is 2.20. The standard InChI is InChI=1S/C17H12F4N4OS/c18-11-6-7-14(13(8-11)17(19,20)21)23-15(26)9-27-16-22-10-25(24-16)12-4-2-1-3-5-12/h1-8,10H,9H2,(H,23,26). The third-order valence-corrected chi connectivity index (χ3v) is 4.24. The molecule has 3 rings (SSSR count). The molecule has 0 spiro atoms. The fraction of sp³-hybridized carbons (Fsp3) is 0.118. The zero-order valence-corrected chi connectivity index (χ0v) is 14.4. The summed E-state index contributed by atoms with van der Waals surface area (Å²) in [6.07, 6.45) is -3.31. The number of alkyl halides is 3. The van der Waals surface area contributed by atoms with Crippen molar-refractivity contribution in [3.05, 3.63) is 66.2 Å². The van der Waals surface area contributed by atoms with Crippen LogP contribution >= 0.6 is 11.8 Å². The van der Waals surface area contributed by atoms with Crippen LogP contribution in [0.4, 0.5) is 23.2 Å². The van der Waals surface area contributed by atoms with Crippen LogP contribution in [0.1, 0.15) is 5.56 Å². The summed E-state index contributed by atoms with van der Waals surface area (Å²) in [5.41, 5.74) is -0.966. The second-order valence-electron chi connectivity index (χ2n) is 5.33. The average molecular weight is 396 g/mol. The minimum absolute atomic E-state index is 0.201. The van der Waals surface area contributed by atoms with E-state index in [-0.39, 0.29) is 5.75 Å². The topological polar surface area (TPSA) is 59.8 Å². The van der Waals surface area contributed by atoms with Crippen LogP contribution in [0.5, 0.6) is 0 Å². The number of nitrogens with one attached hydrogen (secondary N) is 1. The second kappa shape index (κ2) is 7.78. The van der Waals surface area contributed by atoms with E-state index in [0.29, 0.717) is 11.2 Å². The fourth-order valence-corrected chi connectivity index (χ4v) is 2.80. The van der Waals surface area contributed by atoms with Gasteiger partial charge < -0.3 is 5.32 Å². The predicted molar refractivity (Wildman–Crippen MR) is 92.1 cm³/mol. The molecule has 3 aromatic rings. The van der Waals surface area contributed by atoms with Gasteiger partial charge in [0.1, 0.15) is 12.1 Å². The summed E-state index contributed by atoms with van der Waals surface area (Å²) >= 11 is 0.969. The molecule has 0 fully saturated rings. The van der Waals surface area contributed by atoms with Gasteiger partial charge in [-0.15, -0.1) is 5.10 Å². The SMILES string of the molecule is O=C(CSc1ncn(-c2ccccc2)n1)Nc1ccc(F)cc1C(F)(F)F. The van der Waals surface area contributed by atoms with Crippen LogP contribution in [0.25, 0.3) is 5.69 Å². The van der Waals surface area contributed by atoms with Gasteiger partial charge in [0.25, 0.3) is 0 Å². The van der Waals surface area contributed by atoms with Crippen molar-refractivity contribution >= 4 is 23.4 Å². The normalized spacial score (nSPS) is 11.4. The smallest absolute Gasteiger partial charge is 0.325 e. The molecule has 0 aliphatic heterocycles. The van der Waals surface area contributed by atoms with Gasteiger partial charge >= 0.3 is 6.18 Å². The lowest BCUT2D eigenvalue weighted by Gasteiger charge is -2.13. The molecule has 0 unspecified atom stereocenters. The number of halogens is 4. The van der Waals surface area contributed by atoms with Gasteiger partial charge in [0.05, 0.1) is 22.7 Å². The largest absolute Gasteiger partial charge is 0.418 e. The molecule has 0 atom stereocenters. The van der Waals surface area contributed by atoms with Crippen LogP contribution in [0, 0.1) is 5.82 Å². The molecule has 140 valence electrons. The zero-order chi connectivity index (χ0) is 19.4. The van der Waals surface area contributed by atoms with Crippen LogP contribution in [0.2, 0.25) is 0 Å². The molecular weight excluding hydrogens is 384 g/mol. The first-order chi connectivity index (χ1) is 12.8. The van der Waals surface area contributed by atoms with E-state index in [1.165, 1.54) is 11.0 Å². The number of thioether (sulfide) groups is 1. The maximum Gasteiger partial charge on any atom is 0.418 e. The maximum atomic E-state index is 13.1. The number of amides is 1. The molecule has 0 bridgehead atoms. The highest BCUT2D eigenvalue weighted by Gasteiger charge is 2.34. The summed E-state index contributed by atoms with van der Waals surface area (Å²) in [6, 6.07) is 11.2. The van der Waals surface area contributed by atoms with Crippen molar-refractivity contribution < 1.29 is 22.4 Å². The Hall–Kier alpha value is -2.88. The molecule has 0 aliphatic rings. The van der Waals surface area contributed by atoms with Crippen LogP contribution in [0.15, 0.2) is 60.0 Å². The molecule has 0 radical (unpaired) electrons. The Labute approximate surface area is 155 Å². The van der Waals surface area contributed by atoms with Crippen molar-refractivity contribution in [2.45, 2.75) is 11.3 Å². The number of aromatic nitrogens is 3. The molecule has 10 heteroatoms. The van der Waals surface area contributed by atoms with Crippen molar-refractivity contribution in [3.63, 3.8) is 0 Å². The Morgan fingerprint density at radius 3 is 2.59 bits per heavy atom. The van der Waals surface area contributed by atoms with E-state index >= 15 is 0 Å². The number of rotatable bonds is 5. The minimum atomic E-state index is -4.78. The molecular formula is C17H12F4N4OS. The number of anilines is 1. The Morgan fingerprint density at radius 1 is 1.15 bits per heavy atom. The molecule has 5 nitrogen and oxygen atoms in total. The van der Waals surface area contributed by atoms with E-state index in [4.69, 9.17) is 0 Å². The predicted octanol–water partition coefficient (Wildman–Crippen LogP) is 4.16. The third-order valence-electron chi connectivity index (χ3n) is 3.39. The molecule has 0 saturated carbocycles. The summed E-state index contributed by atoms with van der Waals surface area (Å²) in [4.78, 5) is 16.0. The van der Waals surface area contributed by atoms with Crippen LogP contribution in [0.3, 0.4) is 0 Å². The summed E-state index contributed by atoms with van der Waals surface area (Å²) in [5, 5.41) is 6.63. The highest BCUT2D eigenvalue weighted by atomic mass is 32.2. The number of carbonyl (C=O) groups excluding carboxylic acids is 1. The number of hydrogen-bond donors (Lipinski definition) is 1. The summed E-state index contributed by atoms with van der Waals surface area (Å²) in [7, 11) is 0. The van der Waals surface area contributed by atoms with Crippen molar-refractivity contribution in [3.8, 4) is 5.69 Å². The molecule has 2 aromatic carbocycles. The first kappa shape index (κ1) is 18.9. The lowest BCUT2D eigenvalue weighted by Crippen LogP contribution is -2.18. The van der Waals surface area contributed by atoms with Gasteiger partial charge in [-0.25, -0.2) is 14.1 Å². The maximum absolute atomic E-state index is 13.1. The van der Waals surface area contributed by atoms with E-state index in [0.717, 1.165) is 29.6 Å². The van der Waals surface area contributed by atoms with E-state index in [2.05, 4.69) is 15.4 Å². The second-order valence-corrected chi connectivity index (χ2v) is 6.27. The van der Waals surface area contributed by atoms with Gasteiger partial charge in [-0.2, -0.15) is 13.2 Å². The molecule has 0 saturated heterocycles. The van der Waals surface area contributed by atoms with Gasteiger partial charge in [0.15, 0.2) is 0 Å². The highest BCUT2D eigenvalue weighted by Crippen LogP contribution is 2.35. The Morgan fingerprint density at radius 2 is 1.89 bits per heavy atom. The van der Waals surface area contributed by atoms with Crippen molar-refractivity contribution in [1.29, 1.82) is 0 Å². The molecule has 1 aromatic heterocycles. The monoisotopic (exact) mass is 396 g/mol. The molecule has 1 amide bonds. The van der Waals surface area contributed by atoms with Gasteiger partial charge in [-0.05, 0) is 30.3 Å². The molecule has 0 aliphatic carbocycles. The quantitative estimate of drug-likeness (QED) is 0.520. The van der Waals surface area contributed by atoms with Gasteiger partial charge in [-0.1, -0.05) is 30.0 Å².